The van der Waals surface area contributed by atoms with Crippen molar-refractivity contribution in [2.24, 2.45) is 5.92 Å². The number of benzene rings is 1. The number of amides is 1. The zero-order valence-electron chi connectivity index (χ0n) is 17.3. The smallest absolute Gasteiger partial charge is 0.298 e. The summed E-state index contributed by atoms with van der Waals surface area (Å²) in [6, 6.07) is 14.2. The predicted octanol–water partition coefficient (Wildman–Crippen LogP) is 2.66. The van der Waals surface area contributed by atoms with Gasteiger partial charge >= 0.3 is 0 Å². The number of oxazole rings is 1. The fraction of sp³-hybridized carbons (Fsp3) is 0.391. The highest BCUT2D eigenvalue weighted by Crippen LogP contribution is 2.28. The van der Waals surface area contributed by atoms with E-state index in [1.165, 1.54) is 0 Å². The summed E-state index contributed by atoms with van der Waals surface area (Å²) < 4.78 is 5.88. The van der Waals surface area contributed by atoms with Crippen LogP contribution in [0.4, 0.5) is 11.8 Å². The van der Waals surface area contributed by atoms with Crippen LogP contribution in [0.2, 0.25) is 0 Å². The topological polar surface area (TPSA) is 89.5 Å². The van der Waals surface area contributed by atoms with Gasteiger partial charge in [-0.05, 0) is 37.1 Å². The van der Waals surface area contributed by atoms with E-state index < -0.39 is 0 Å². The molecular formula is C23H24N6O2. The second-order valence-electron chi connectivity index (χ2n) is 8.02. The van der Waals surface area contributed by atoms with Gasteiger partial charge in [0, 0.05) is 51.4 Å². The van der Waals surface area contributed by atoms with Crippen molar-refractivity contribution in [3.8, 4) is 6.07 Å². The van der Waals surface area contributed by atoms with E-state index in [0.717, 1.165) is 37.0 Å². The molecule has 2 aliphatic heterocycles. The van der Waals surface area contributed by atoms with Crippen LogP contribution >= 0.6 is 0 Å². The summed E-state index contributed by atoms with van der Waals surface area (Å²) in [6.07, 6.45) is 3.31. The molecule has 2 aromatic heterocycles. The molecule has 0 N–H and O–H groups in total. The van der Waals surface area contributed by atoms with Gasteiger partial charge in [-0.3, -0.25) is 4.79 Å². The number of para-hydroxylation sites is 2. The second-order valence-corrected chi connectivity index (χ2v) is 8.02. The van der Waals surface area contributed by atoms with Crippen LogP contribution in [0.15, 0.2) is 47.0 Å². The summed E-state index contributed by atoms with van der Waals surface area (Å²) >= 11 is 0. The number of anilines is 2. The highest BCUT2D eigenvalue weighted by atomic mass is 16.4. The molecule has 2 fully saturated rings. The number of piperidine rings is 1. The van der Waals surface area contributed by atoms with Crippen LogP contribution in [-0.2, 0) is 4.79 Å². The molecule has 3 aromatic rings. The van der Waals surface area contributed by atoms with Gasteiger partial charge in [-0.25, -0.2) is 4.98 Å². The Morgan fingerprint density at radius 3 is 2.52 bits per heavy atom. The van der Waals surface area contributed by atoms with Crippen LogP contribution in [-0.4, -0.2) is 60.0 Å². The van der Waals surface area contributed by atoms with Crippen LogP contribution in [0, 0.1) is 17.2 Å². The molecule has 0 atom stereocenters. The van der Waals surface area contributed by atoms with Crippen LogP contribution in [0.25, 0.3) is 11.1 Å². The van der Waals surface area contributed by atoms with Crippen molar-refractivity contribution in [2.75, 3.05) is 49.1 Å². The molecular weight excluding hydrogens is 392 g/mol. The number of nitrogens with zero attached hydrogens (tertiary/aromatic N) is 6. The van der Waals surface area contributed by atoms with Crippen molar-refractivity contribution in [2.45, 2.75) is 12.8 Å². The third kappa shape index (κ3) is 3.79. The van der Waals surface area contributed by atoms with Gasteiger partial charge in [0.15, 0.2) is 5.58 Å². The van der Waals surface area contributed by atoms with E-state index in [9.17, 15) is 10.1 Å². The Balaban J connectivity index is 1.16. The number of aromatic nitrogens is 2. The number of hydrogen-bond donors (Lipinski definition) is 0. The third-order valence-corrected chi connectivity index (χ3v) is 6.20. The van der Waals surface area contributed by atoms with Crippen molar-refractivity contribution < 1.29 is 9.21 Å². The maximum atomic E-state index is 13.1. The Bertz CT molecular complexity index is 1090. The van der Waals surface area contributed by atoms with E-state index in [-0.39, 0.29) is 11.8 Å². The molecule has 31 heavy (non-hydrogen) atoms. The van der Waals surface area contributed by atoms with Crippen LogP contribution in [0.5, 0.6) is 0 Å². The molecule has 1 amide bonds. The van der Waals surface area contributed by atoms with Gasteiger partial charge in [0.25, 0.3) is 6.01 Å². The molecule has 8 heteroatoms. The molecule has 4 heterocycles. The van der Waals surface area contributed by atoms with E-state index in [2.05, 4.69) is 25.8 Å². The minimum Gasteiger partial charge on any atom is -0.423 e. The van der Waals surface area contributed by atoms with Crippen molar-refractivity contribution in [3.05, 3.63) is 48.2 Å². The molecule has 0 bridgehead atoms. The van der Waals surface area contributed by atoms with Crippen molar-refractivity contribution in [1.82, 2.24) is 14.9 Å². The van der Waals surface area contributed by atoms with E-state index in [1.54, 1.807) is 18.3 Å². The maximum Gasteiger partial charge on any atom is 0.298 e. The molecule has 158 valence electrons. The zero-order valence-corrected chi connectivity index (χ0v) is 17.3. The Hall–Kier alpha value is -3.60. The normalized spacial score (nSPS) is 17.7. The molecule has 0 spiro atoms. The quantitative estimate of drug-likeness (QED) is 0.648. The average molecular weight is 416 g/mol. The van der Waals surface area contributed by atoms with Gasteiger partial charge in [-0.15, -0.1) is 0 Å². The number of piperazine rings is 1. The second kappa shape index (κ2) is 8.26. The number of fused-ring (bicyclic) bond motifs is 1. The minimum absolute atomic E-state index is 0.0386. The molecule has 2 aliphatic rings. The summed E-state index contributed by atoms with van der Waals surface area (Å²) in [6.45, 7) is 4.24. The number of hydrogen-bond acceptors (Lipinski definition) is 7. The Kier molecular flexibility index (Phi) is 5.16. The number of pyridine rings is 1. The standard InChI is InChI=1S/C23H24N6O2/c24-16-18-4-3-9-25-21(18)27-12-14-28(15-13-27)22(30)17-7-10-29(11-8-17)23-26-19-5-1-2-6-20(19)31-23/h1-6,9,17H,7-8,10-15H2. The van der Waals surface area contributed by atoms with E-state index in [1.807, 2.05) is 29.2 Å². The molecule has 1 aromatic carbocycles. The average Bonchev–Trinajstić information content (AvgIpc) is 3.28. The van der Waals surface area contributed by atoms with Crippen molar-refractivity contribution in [3.63, 3.8) is 0 Å². The van der Waals surface area contributed by atoms with Crippen LogP contribution in [0.3, 0.4) is 0 Å². The first-order valence-corrected chi connectivity index (χ1v) is 10.7. The number of nitriles is 1. The fourth-order valence-electron chi connectivity index (χ4n) is 4.45. The Morgan fingerprint density at radius 1 is 1.00 bits per heavy atom. The van der Waals surface area contributed by atoms with Crippen LogP contribution in [0.1, 0.15) is 18.4 Å². The highest BCUT2D eigenvalue weighted by molar-refractivity contribution is 5.79. The van der Waals surface area contributed by atoms with Gasteiger partial charge in [0.1, 0.15) is 17.4 Å². The number of rotatable bonds is 3. The minimum atomic E-state index is 0.0386. The zero-order chi connectivity index (χ0) is 21.2. The lowest BCUT2D eigenvalue weighted by Gasteiger charge is -2.38. The first kappa shape index (κ1) is 19.4. The molecule has 0 saturated carbocycles. The van der Waals surface area contributed by atoms with Crippen molar-refractivity contribution in [1.29, 1.82) is 5.26 Å². The van der Waals surface area contributed by atoms with Gasteiger partial charge in [-0.2, -0.15) is 10.2 Å². The predicted molar refractivity (Wildman–Crippen MR) is 117 cm³/mol. The lowest BCUT2D eigenvalue weighted by molar-refractivity contribution is -0.136. The highest BCUT2D eigenvalue weighted by Gasteiger charge is 2.32. The largest absolute Gasteiger partial charge is 0.423 e. The maximum absolute atomic E-state index is 13.1. The molecule has 0 unspecified atom stereocenters. The monoisotopic (exact) mass is 416 g/mol. The number of carbonyl (C=O) groups is 1. The van der Waals surface area contributed by atoms with E-state index in [4.69, 9.17) is 4.42 Å². The summed E-state index contributed by atoms with van der Waals surface area (Å²) in [5.41, 5.74) is 2.23. The molecule has 0 radical (unpaired) electrons. The Labute approximate surface area is 180 Å². The van der Waals surface area contributed by atoms with Gasteiger partial charge < -0.3 is 19.1 Å². The molecule has 2 saturated heterocycles. The van der Waals surface area contributed by atoms with Crippen molar-refractivity contribution >= 4 is 28.8 Å². The van der Waals surface area contributed by atoms with E-state index in [0.29, 0.717) is 43.6 Å². The lowest BCUT2D eigenvalue weighted by atomic mass is 9.95. The SMILES string of the molecule is N#Cc1cccnc1N1CCN(C(=O)C2CCN(c3nc4ccccc4o3)CC2)CC1. The summed E-state index contributed by atoms with van der Waals surface area (Å²) in [5.74, 6) is 0.985. The summed E-state index contributed by atoms with van der Waals surface area (Å²) in [5, 5.41) is 9.31. The first-order valence-electron chi connectivity index (χ1n) is 10.7. The summed E-state index contributed by atoms with van der Waals surface area (Å²) in [4.78, 5) is 28.2. The summed E-state index contributed by atoms with van der Waals surface area (Å²) in [7, 11) is 0. The van der Waals surface area contributed by atoms with Crippen LogP contribution < -0.4 is 9.80 Å². The first-order chi connectivity index (χ1) is 15.2. The Morgan fingerprint density at radius 2 is 1.77 bits per heavy atom. The fourth-order valence-corrected chi connectivity index (χ4v) is 4.45. The lowest BCUT2D eigenvalue weighted by Crippen LogP contribution is -2.52. The van der Waals surface area contributed by atoms with Gasteiger partial charge in [0.05, 0.1) is 5.56 Å². The van der Waals surface area contributed by atoms with Gasteiger partial charge in [0.2, 0.25) is 5.91 Å². The molecule has 8 nitrogen and oxygen atoms in total. The molecule has 5 rings (SSSR count). The van der Waals surface area contributed by atoms with E-state index >= 15 is 0 Å². The molecule has 0 aliphatic carbocycles. The van der Waals surface area contributed by atoms with Gasteiger partial charge in [-0.1, -0.05) is 12.1 Å². The third-order valence-electron chi connectivity index (χ3n) is 6.20. The number of carbonyl (C=O) groups excluding carboxylic acids is 1.